The number of nitrogens with zero attached hydrogens (tertiary/aromatic N) is 3. The van der Waals surface area contributed by atoms with Gasteiger partial charge in [-0.3, -0.25) is 9.59 Å². The summed E-state index contributed by atoms with van der Waals surface area (Å²) in [6.07, 6.45) is 2.37. The normalized spacial score (nSPS) is 12.9. The van der Waals surface area contributed by atoms with Gasteiger partial charge in [0.25, 0.3) is 5.56 Å². The second-order valence-electron chi connectivity index (χ2n) is 6.30. The number of benzene rings is 2. The maximum absolute atomic E-state index is 13.0. The summed E-state index contributed by atoms with van der Waals surface area (Å²) in [5, 5.41) is 5.15. The van der Waals surface area contributed by atoms with Crippen LogP contribution in [-0.4, -0.2) is 36.5 Å². The van der Waals surface area contributed by atoms with Crippen LogP contribution >= 0.6 is 0 Å². The molecule has 1 amide bonds. The molecule has 1 aliphatic rings. The predicted molar refractivity (Wildman–Crippen MR) is 102 cm³/mol. The molecule has 0 bridgehead atoms. The molecule has 0 saturated heterocycles. The van der Waals surface area contributed by atoms with Crippen LogP contribution in [0.15, 0.2) is 47.4 Å². The maximum atomic E-state index is 13.0. The van der Waals surface area contributed by atoms with Crippen LogP contribution < -0.4 is 19.9 Å². The molecule has 0 atom stereocenters. The highest BCUT2D eigenvalue weighted by Gasteiger charge is 2.25. The zero-order chi connectivity index (χ0) is 19.0. The summed E-state index contributed by atoms with van der Waals surface area (Å²) in [5.74, 6) is 0.630. The number of hydrogen-bond acceptors (Lipinski definition) is 5. The molecule has 1 aromatic heterocycles. The monoisotopic (exact) mass is 365 g/mol. The van der Waals surface area contributed by atoms with Gasteiger partial charge in [0.05, 0.1) is 25.8 Å². The number of carbonyl (C=O) groups excluding carboxylic acids is 1. The molecular weight excluding hydrogens is 346 g/mol. The number of methoxy groups -OCH3 is 2. The van der Waals surface area contributed by atoms with Crippen LogP contribution in [0.1, 0.15) is 5.56 Å². The van der Waals surface area contributed by atoms with E-state index >= 15 is 0 Å². The van der Waals surface area contributed by atoms with Crippen molar-refractivity contribution in [2.45, 2.75) is 13.0 Å². The van der Waals surface area contributed by atoms with Gasteiger partial charge in [-0.05, 0) is 30.2 Å². The Morgan fingerprint density at radius 1 is 1.15 bits per heavy atom. The lowest BCUT2D eigenvalue weighted by Crippen LogP contribution is -2.36. The molecule has 0 N–H and O–H groups in total. The van der Waals surface area contributed by atoms with Crippen molar-refractivity contribution in [1.82, 2.24) is 9.78 Å². The zero-order valence-electron chi connectivity index (χ0n) is 15.1. The number of ether oxygens (including phenoxy) is 2. The van der Waals surface area contributed by atoms with Crippen molar-refractivity contribution >= 4 is 22.4 Å². The number of anilines is 1. The van der Waals surface area contributed by atoms with E-state index in [0.717, 1.165) is 17.7 Å². The minimum Gasteiger partial charge on any atom is -0.493 e. The standard InChI is InChI=1S/C20H19N3O4/c1-26-16-8-7-14-11-21-23(20(25)18(14)19(16)27-2)12-17(24)22-10-9-13-5-3-4-6-15(13)22/h3-8,11H,9-10,12H2,1-2H3. The summed E-state index contributed by atoms with van der Waals surface area (Å²) in [6, 6.07) is 11.3. The molecule has 2 heterocycles. The second kappa shape index (κ2) is 6.75. The quantitative estimate of drug-likeness (QED) is 0.707. The topological polar surface area (TPSA) is 73.7 Å². The molecule has 0 fully saturated rings. The summed E-state index contributed by atoms with van der Waals surface area (Å²) < 4.78 is 11.8. The molecule has 7 heteroatoms. The Labute approximate surface area is 155 Å². The first-order valence-electron chi connectivity index (χ1n) is 8.63. The van der Waals surface area contributed by atoms with Crippen molar-refractivity contribution in [3.63, 3.8) is 0 Å². The fourth-order valence-electron chi connectivity index (χ4n) is 3.51. The first-order chi connectivity index (χ1) is 13.1. The van der Waals surface area contributed by atoms with Gasteiger partial charge in [-0.1, -0.05) is 18.2 Å². The van der Waals surface area contributed by atoms with E-state index in [4.69, 9.17) is 9.47 Å². The number of amides is 1. The van der Waals surface area contributed by atoms with E-state index in [1.165, 1.54) is 18.9 Å². The first kappa shape index (κ1) is 17.1. The molecule has 0 aliphatic carbocycles. The number of aromatic nitrogens is 2. The smallest absolute Gasteiger partial charge is 0.279 e. The Morgan fingerprint density at radius 2 is 1.96 bits per heavy atom. The fourth-order valence-corrected chi connectivity index (χ4v) is 3.51. The third kappa shape index (κ3) is 2.81. The van der Waals surface area contributed by atoms with Crippen molar-refractivity contribution in [2.75, 3.05) is 25.7 Å². The van der Waals surface area contributed by atoms with E-state index in [0.29, 0.717) is 28.8 Å². The molecule has 1 aliphatic heterocycles. The van der Waals surface area contributed by atoms with Crippen LogP contribution in [0.3, 0.4) is 0 Å². The second-order valence-corrected chi connectivity index (χ2v) is 6.30. The van der Waals surface area contributed by atoms with E-state index in [1.807, 2.05) is 24.3 Å². The van der Waals surface area contributed by atoms with E-state index < -0.39 is 0 Å². The molecule has 138 valence electrons. The third-order valence-electron chi connectivity index (χ3n) is 4.84. The van der Waals surface area contributed by atoms with Gasteiger partial charge in [-0.15, -0.1) is 0 Å². The number of fused-ring (bicyclic) bond motifs is 2. The summed E-state index contributed by atoms with van der Waals surface area (Å²) >= 11 is 0. The number of carbonyl (C=O) groups is 1. The molecular formula is C20H19N3O4. The van der Waals surface area contributed by atoms with Gasteiger partial charge in [-0.2, -0.15) is 5.10 Å². The molecule has 0 saturated carbocycles. The summed E-state index contributed by atoms with van der Waals surface area (Å²) in [4.78, 5) is 27.5. The van der Waals surface area contributed by atoms with Crippen molar-refractivity contribution in [3.05, 3.63) is 58.5 Å². The fraction of sp³-hybridized carbons (Fsp3) is 0.250. The number of hydrogen-bond donors (Lipinski definition) is 0. The Morgan fingerprint density at radius 3 is 2.74 bits per heavy atom. The minimum atomic E-state index is -0.385. The van der Waals surface area contributed by atoms with Gasteiger partial charge in [0.15, 0.2) is 11.5 Å². The largest absolute Gasteiger partial charge is 0.493 e. The zero-order valence-corrected chi connectivity index (χ0v) is 15.1. The third-order valence-corrected chi connectivity index (χ3v) is 4.84. The summed E-state index contributed by atoms with van der Waals surface area (Å²) in [6.45, 7) is 0.473. The van der Waals surface area contributed by atoms with E-state index in [-0.39, 0.29) is 18.0 Å². The molecule has 0 spiro atoms. The number of para-hydroxylation sites is 1. The lowest BCUT2D eigenvalue weighted by molar-refractivity contribution is -0.119. The lowest BCUT2D eigenvalue weighted by atomic mass is 10.1. The average Bonchev–Trinajstić information content (AvgIpc) is 3.13. The van der Waals surface area contributed by atoms with Gasteiger partial charge in [-0.25, -0.2) is 4.68 Å². The molecule has 3 aromatic rings. The van der Waals surface area contributed by atoms with Gasteiger partial charge in [0.2, 0.25) is 5.91 Å². The van der Waals surface area contributed by atoms with Gasteiger partial charge < -0.3 is 14.4 Å². The highest BCUT2D eigenvalue weighted by molar-refractivity contribution is 5.95. The molecule has 0 radical (unpaired) electrons. The van der Waals surface area contributed by atoms with E-state index in [2.05, 4.69) is 5.10 Å². The van der Waals surface area contributed by atoms with Crippen molar-refractivity contribution < 1.29 is 14.3 Å². The van der Waals surface area contributed by atoms with Crippen LogP contribution in [0.4, 0.5) is 5.69 Å². The van der Waals surface area contributed by atoms with Crippen LogP contribution in [0.25, 0.3) is 10.8 Å². The maximum Gasteiger partial charge on any atom is 0.279 e. The molecule has 7 nitrogen and oxygen atoms in total. The summed E-state index contributed by atoms with van der Waals surface area (Å²) in [5.41, 5.74) is 1.65. The average molecular weight is 365 g/mol. The molecule has 4 rings (SSSR count). The highest BCUT2D eigenvalue weighted by Crippen LogP contribution is 2.33. The van der Waals surface area contributed by atoms with Crippen LogP contribution in [0.2, 0.25) is 0 Å². The summed E-state index contributed by atoms with van der Waals surface area (Å²) in [7, 11) is 2.99. The Kier molecular flexibility index (Phi) is 4.27. The highest BCUT2D eigenvalue weighted by atomic mass is 16.5. The molecule has 0 unspecified atom stereocenters. The predicted octanol–water partition coefficient (Wildman–Crippen LogP) is 2.00. The van der Waals surface area contributed by atoms with E-state index in [1.54, 1.807) is 23.2 Å². The van der Waals surface area contributed by atoms with Crippen LogP contribution in [0.5, 0.6) is 11.5 Å². The van der Waals surface area contributed by atoms with E-state index in [9.17, 15) is 9.59 Å². The first-order valence-corrected chi connectivity index (χ1v) is 8.63. The Bertz CT molecular complexity index is 1090. The van der Waals surface area contributed by atoms with Crippen molar-refractivity contribution in [3.8, 4) is 11.5 Å². The number of rotatable bonds is 4. The van der Waals surface area contributed by atoms with Crippen LogP contribution in [-0.2, 0) is 17.8 Å². The Hall–Kier alpha value is -3.35. The lowest BCUT2D eigenvalue weighted by Gasteiger charge is -2.18. The van der Waals surface area contributed by atoms with Crippen molar-refractivity contribution in [1.29, 1.82) is 0 Å². The van der Waals surface area contributed by atoms with Gasteiger partial charge in [0.1, 0.15) is 6.54 Å². The van der Waals surface area contributed by atoms with Gasteiger partial charge in [0, 0.05) is 17.6 Å². The Balaban J connectivity index is 1.72. The van der Waals surface area contributed by atoms with Gasteiger partial charge >= 0.3 is 0 Å². The SMILES string of the molecule is COc1ccc2cnn(CC(=O)N3CCc4ccccc43)c(=O)c2c1OC. The molecule has 2 aromatic carbocycles. The minimum absolute atomic E-state index is 0.135. The van der Waals surface area contributed by atoms with Crippen molar-refractivity contribution in [2.24, 2.45) is 0 Å². The molecule has 27 heavy (non-hydrogen) atoms. The van der Waals surface area contributed by atoms with Crippen LogP contribution in [0, 0.1) is 0 Å².